The molecule has 1 N–H and O–H groups in total. The average Bonchev–Trinajstić information content (AvgIpc) is 3.20. The van der Waals surface area contributed by atoms with Gasteiger partial charge < -0.3 is 9.84 Å². The number of benzene rings is 6. The Labute approximate surface area is 288 Å². The summed E-state index contributed by atoms with van der Waals surface area (Å²) in [6, 6.07) is 56.1. The van der Waals surface area contributed by atoms with Crippen molar-refractivity contribution >= 4 is 47.7 Å². The van der Waals surface area contributed by atoms with Crippen molar-refractivity contribution in [2.75, 3.05) is 0 Å². The normalized spacial score (nSPS) is 16.4. The van der Waals surface area contributed by atoms with Gasteiger partial charge in [-0.05, 0) is 73.4 Å². The predicted octanol–water partition coefficient (Wildman–Crippen LogP) is 8.26. The molecule has 48 heavy (non-hydrogen) atoms. The Balaban J connectivity index is 1.28. The smallest absolute Gasteiger partial charge is 0.131 e. The number of para-hydroxylation sites is 2. The van der Waals surface area contributed by atoms with Gasteiger partial charge in [0, 0.05) is 17.0 Å². The van der Waals surface area contributed by atoms with Crippen molar-refractivity contribution in [2.24, 2.45) is 5.92 Å². The lowest BCUT2D eigenvalue weighted by Crippen LogP contribution is -2.27. The van der Waals surface area contributed by atoms with Crippen molar-refractivity contribution in [1.82, 2.24) is 0 Å². The van der Waals surface area contributed by atoms with E-state index in [1.54, 1.807) is 0 Å². The molecule has 7 rings (SSSR count). The van der Waals surface area contributed by atoms with E-state index in [-0.39, 0.29) is 6.10 Å². The van der Waals surface area contributed by atoms with Crippen LogP contribution < -0.4 is 36.6 Å². The highest BCUT2D eigenvalue weighted by Crippen LogP contribution is 2.41. The molecule has 0 radical (unpaired) electrons. The molecule has 0 amide bonds. The molecule has 1 aliphatic heterocycles. The number of fused-ring (bicyclic) bond motifs is 1. The van der Waals surface area contributed by atoms with Crippen molar-refractivity contribution in [3.05, 3.63) is 169 Å². The number of rotatable bonds is 8. The van der Waals surface area contributed by atoms with Crippen LogP contribution in [0.1, 0.15) is 37.3 Å². The number of phenols is 1. The summed E-state index contributed by atoms with van der Waals surface area (Å²) in [6.07, 6.45) is 4.81. The summed E-state index contributed by atoms with van der Waals surface area (Å²) in [7, 11) is -1.75. The monoisotopic (exact) mass is 664 g/mol. The molecule has 0 fully saturated rings. The second kappa shape index (κ2) is 15.3. The van der Waals surface area contributed by atoms with Gasteiger partial charge in [-0.3, -0.25) is 0 Å². The van der Waals surface area contributed by atoms with Crippen LogP contribution in [0, 0.1) is 5.92 Å². The van der Waals surface area contributed by atoms with Gasteiger partial charge in [-0.2, -0.15) is 0 Å². The van der Waals surface area contributed by atoms with Gasteiger partial charge in [0.2, 0.25) is 0 Å². The molecule has 6 aromatic carbocycles. The zero-order chi connectivity index (χ0) is 32.7. The molecule has 0 spiro atoms. The highest BCUT2D eigenvalue weighted by Gasteiger charge is 2.28. The number of phenolic OH excluding ortho intramolecular Hbond substituents is 1. The maximum atomic E-state index is 12.0. The second-order valence-corrected chi connectivity index (χ2v) is 17.1. The maximum absolute atomic E-state index is 12.0. The third kappa shape index (κ3) is 7.27. The molecule has 2 nitrogen and oxygen atoms in total. The third-order valence-electron chi connectivity index (χ3n) is 9.24. The molecule has 240 valence electrons. The molecule has 6 aromatic rings. The first-order valence-corrected chi connectivity index (χ1v) is 19.7. The number of hydrogen-bond acceptors (Lipinski definition) is 2. The van der Waals surface area contributed by atoms with Crippen molar-refractivity contribution in [2.45, 2.75) is 45.1 Å². The molecule has 4 heteroatoms. The van der Waals surface area contributed by atoms with E-state index in [4.69, 9.17) is 4.74 Å². The summed E-state index contributed by atoms with van der Waals surface area (Å²) in [6.45, 7) is 2.37. The lowest BCUT2D eigenvalue weighted by atomic mass is 9.95. The Morgan fingerprint density at radius 3 is 1.58 bits per heavy atom. The number of aromatic hydroxyl groups is 1. The molecule has 0 saturated heterocycles. The van der Waals surface area contributed by atoms with E-state index in [1.807, 2.05) is 0 Å². The number of ether oxygens (including phenoxy) is 1. The van der Waals surface area contributed by atoms with Gasteiger partial charge in [-0.1, -0.05) is 171 Å². The van der Waals surface area contributed by atoms with Gasteiger partial charge in [-0.25, -0.2) is 0 Å². The fraction of sp³-hybridized carbons (Fsp3) is 0.182. The fourth-order valence-corrected chi connectivity index (χ4v) is 11.7. The van der Waals surface area contributed by atoms with Crippen molar-refractivity contribution < 1.29 is 9.84 Å². The van der Waals surface area contributed by atoms with E-state index < -0.39 is 15.8 Å². The van der Waals surface area contributed by atoms with E-state index in [0.717, 1.165) is 42.3 Å². The average molecular weight is 665 g/mol. The van der Waals surface area contributed by atoms with Gasteiger partial charge in [0.05, 0.1) is 0 Å². The summed E-state index contributed by atoms with van der Waals surface area (Å²) in [5.74, 6) is 2.01. The van der Waals surface area contributed by atoms with Gasteiger partial charge in [-0.15, -0.1) is 0 Å². The Morgan fingerprint density at radius 1 is 0.562 bits per heavy atom. The highest BCUT2D eigenvalue weighted by molar-refractivity contribution is 7.80. The zero-order valence-corrected chi connectivity index (χ0v) is 29.2. The van der Waals surface area contributed by atoms with Crippen LogP contribution >= 0.6 is 15.8 Å². The van der Waals surface area contributed by atoms with E-state index in [1.165, 1.54) is 32.1 Å². The number of hydrogen-bond donors (Lipinski definition) is 1. The van der Waals surface area contributed by atoms with Crippen LogP contribution in [0.4, 0.5) is 0 Å². The summed E-state index contributed by atoms with van der Waals surface area (Å²) in [4.78, 5) is 0. The topological polar surface area (TPSA) is 29.5 Å². The Bertz CT molecular complexity index is 1830. The van der Waals surface area contributed by atoms with E-state index in [0.29, 0.717) is 18.1 Å². The molecule has 1 aliphatic rings. The molecule has 1 heterocycles. The van der Waals surface area contributed by atoms with Crippen LogP contribution in [0.2, 0.25) is 0 Å². The first kappa shape index (κ1) is 32.3. The van der Waals surface area contributed by atoms with Crippen LogP contribution in [-0.2, 0) is 12.8 Å². The van der Waals surface area contributed by atoms with Gasteiger partial charge in [0.15, 0.2) is 0 Å². The lowest BCUT2D eigenvalue weighted by Gasteiger charge is -2.27. The van der Waals surface area contributed by atoms with E-state index in [2.05, 4.69) is 165 Å². The summed E-state index contributed by atoms with van der Waals surface area (Å²) < 4.78 is 7.26. The minimum absolute atomic E-state index is 0.0561. The summed E-state index contributed by atoms with van der Waals surface area (Å²) >= 11 is 0. The molecule has 0 saturated carbocycles. The van der Waals surface area contributed by atoms with Gasteiger partial charge in [0.1, 0.15) is 17.6 Å². The zero-order valence-electron chi connectivity index (χ0n) is 27.5. The highest BCUT2D eigenvalue weighted by atomic mass is 31.1. The van der Waals surface area contributed by atoms with Crippen molar-refractivity contribution in [1.29, 1.82) is 0 Å². The summed E-state index contributed by atoms with van der Waals surface area (Å²) in [5, 5.41) is 19.4. The Morgan fingerprint density at radius 2 is 1.04 bits per heavy atom. The van der Waals surface area contributed by atoms with E-state index >= 15 is 0 Å². The third-order valence-corrected chi connectivity index (χ3v) is 14.2. The van der Waals surface area contributed by atoms with Gasteiger partial charge in [0.25, 0.3) is 0 Å². The largest absolute Gasteiger partial charge is 0.507 e. The van der Waals surface area contributed by atoms with Crippen molar-refractivity contribution in [3.8, 4) is 11.5 Å². The molecule has 0 aromatic heterocycles. The molecule has 0 bridgehead atoms. The van der Waals surface area contributed by atoms with Crippen molar-refractivity contribution in [3.63, 3.8) is 0 Å². The minimum Gasteiger partial charge on any atom is -0.507 e. The standard InChI is InChI=1S/C44H42O2P2/c1-33-17-14-20-36(32-34-18-15-29-41(43(34)45)47(37-21-6-2-7-22-37)38-23-8-3-9-24-38)46-44-35(31-33)19-16-30-42(44)48(39-25-10-4-11-26-39)40-27-12-5-13-28-40/h2-13,15-16,18-19,21-30,33,36,45H,14,17,20,31-32H2,1H3/t33?,36-/m1/s1. The predicted molar refractivity (Wildman–Crippen MR) is 207 cm³/mol. The van der Waals surface area contributed by atoms with Crippen LogP contribution in [0.3, 0.4) is 0 Å². The quantitative estimate of drug-likeness (QED) is 0.166. The lowest BCUT2D eigenvalue weighted by molar-refractivity contribution is 0.188. The molecule has 2 atom stereocenters. The summed E-state index contributed by atoms with van der Waals surface area (Å²) in [5.41, 5.74) is 2.25. The molecular weight excluding hydrogens is 622 g/mol. The first-order valence-electron chi connectivity index (χ1n) is 17.1. The Kier molecular flexibility index (Phi) is 10.3. The van der Waals surface area contributed by atoms with Crippen LogP contribution in [0.5, 0.6) is 11.5 Å². The van der Waals surface area contributed by atoms with Crippen LogP contribution in [0.15, 0.2) is 158 Å². The second-order valence-electron chi connectivity index (χ2n) is 12.7. The molecule has 0 aliphatic carbocycles. The van der Waals surface area contributed by atoms with Crippen LogP contribution in [-0.4, -0.2) is 11.2 Å². The molecular formula is C44H42O2P2. The SMILES string of the molecule is CC1CCC[C@H](Cc2cccc(P(c3ccccc3)c3ccccc3)c2O)Oc2c(cccc2P(c2ccccc2)c2ccccc2)C1. The Hall–Kier alpha value is -4.22. The van der Waals surface area contributed by atoms with E-state index in [9.17, 15) is 5.11 Å². The van der Waals surface area contributed by atoms with Gasteiger partial charge >= 0.3 is 0 Å². The fourth-order valence-electron chi connectivity index (χ4n) is 6.92. The van der Waals surface area contributed by atoms with Crippen LogP contribution in [0.25, 0.3) is 0 Å². The minimum atomic E-state index is -0.922. The molecule has 1 unspecified atom stereocenters. The first-order chi connectivity index (χ1) is 23.7. The maximum Gasteiger partial charge on any atom is 0.131 e.